The van der Waals surface area contributed by atoms with Crippen molar-refractivity contribution in [3.8, 4) is 0 Å². The van der Waals surface area contributed by atoms with E-state index in [0.29, 0.717) is 11.9 Å². The number of nitrogens with zero attached hydrogens (tertiary/aromatic N) is 2. The maximum Gasteiger partial charge on any atom is 0.125 e. The molecule has 0 saturated carbocycles. The summed E-state index contributed by atoms with van der Waals surface area (Å²) in [6.07, 6.45) is 2.25. The lowest BCUT2D eigenvalue weighted by Crippen LogP contribution is -2.22. The monoisotopic (exact) mass is 264 g/mol. The molecule has 0 aliphatic carbocycles. The van der Waals surface area contributed by atoms with E-state index in [0.717, 1.165) is 37.4 Å². The molecule has 4 heteroatoms. The second kappa shape index (κ2) is 4.90. The number of fused-ring (bicyclic) bond motifs is 1. The van der Waals surface area contributed by atoms with Crippen LogP contribution >= 0.6 is 11.6 Å². The zero-order valence-electron chi connectivity index (χ0n) is 10.5. The number of imidazole rings is 1. The molecule has 3 rings (SSSR count). The van der Waals surface area contributed by atoms with Gasteiger partial charge < -0.3 is 9.30 Å². The van der Waals surface area contributed by atoms with Gasteiger partial charge in [0.15, 0.2) is 0 Å². The van der Waals surface area contributed by atoms with Gasteiger partial charge in [0, 0.05) is 6.61 Å². The van der Waals surface area contributed by atoms with E-state index in [-0.39, 0.29) is 0 Å². The van der Waals surface area contributed by atoms with Gasteiger partial charge in [-0.3, -0.25) is 0 Å². The molecule has 1 aliphatic rings. The zero-order chi connectivity index (χ0) is 12.5. The van der Waals surface area contributed by atoms with Crippen molar-refractivity contribution >= 4 is 22.6 Å². The van der Waals surface area contributed by atoms with Gasteiger partial charge in [-0.15, -0.1) is 11.6 Å². The second-order valence-corrected chi connectivity index (χ2v) is 5.16. The van der Waals surface area contributed by atoms with Crippen LogP contribution in [0.2, 0.25) is 0 Å². The van der Waals surface area contributed by atoms with Gasteiger partial charge in [0.05, 0.1) is 29.6 Å². The predicted octanol–water partition coefficient (Wildman–Crippen LogP) is 3.44. The molecule has 0 radical (unpaired) electrons. The fourth-order valence-electron chi connectivity index (χ4n) is 2.68. The van der Waals surface area contributed by atoms with Crippen molar-refractivity contribution in [3.05, 3.63) is 29.6 Å². The van der Waals surface area contributed by atoms with Gasteiger partial charge >= 0.3 is 0 Å². The number of aromatic nitrogens is 2. The number of benzene rings is 1. The summed E-state index contributed by atoms with van der Waals surface area (Å²) in [7, 11) is 0. The lowest BCUT2D eigenvalue weighted by atomic mass is 10.1. The lowest BCUT2D eigenvalue weighted by Gasteiger charge is -2.25. The average molecular weight is 265 g/mol. The first-order valence-electron chi connectivity index (χ1n) is 6.41. The van der Waals surface area contributed by atoms with Gasteiger partial charge in [0.25, 0.3) is 0 Å². The highest BCUT2D eigenvalue weighted by Gasteiger charge is 2.21. The number of ether oxygens (including phenoxy) is 1. The lowest BCUT2D eigenvalue weighted by molar-refractivity contribution is 0.0597. The zero-order valence-corrected chi connectivity index (χ0v) is 11.3. The van der Waals surface area contributed by atoms with Gasteiger partial charge in [-0.2, -0.15) is 0 Å². The van der Waals surface area contributed by atoms with Gasteiger partial charge in [0.1, 0.15) is 5.82 Å². The topological polar surface area (TPSA) is 27.1 Å². The Morgan fingerprint density at radius 2 is 2.39 bits per heavy atom. The number of hydrogen-bond donors (Lipinski definition) is 0. The molecule has 1 fully saturated rings. The van der Waals surface area contributed by atoms with Crippen LogP contribution in [0, 0.1) is 6.92 Å². The molecular formula is C14H17ClN2O. The van der Waals surface area contributed by atoms with Crippen LogP contribution in [0.5, 0.6) is 0 Å². The molecule has 1 aliphatic heterocycles. The van der Waals surface area contributed by atoms with Crippen molar-refractivity contribution in [2.75, 3.05) is 13.2 Å². The Morgan fingerprint density at radius 3 is 3.11 bits per heavy atom. The molecule has 2 heterocycles. The average Bonchev–Trinajstić information content (AvgIpc) is 2.77. The van der Waals surface area contributed by atoms with E-state index < -0.39 is 0 Å². The summed E-state index contributed by atoms with van der Waals surface area (Å²) in [6.45, 7) is 3.75. The van der Waals surface area contributed by atoms with E-state index in [2.05, 4.69) is 34.7 Å². The SMILES string of the molecule is Cc1ccc2nc(CCl)n(C3CCCOC3)c2c1. The Morgan fingerprint density at radius 1 is 1.50 bits per heavy atom. The number of rotatable bonds is 2. The standard InChI is InChI=1S/C14H17ClN2O/c1-10-4-5-12-13(7-10)17(14(8-15)16-12)11-3-2-6-18-9-11/h4-5,7,11H,2-3,6,8-9H2,1H3. The number of hydrogen-bond acceptors (Lipinski definition) is 2. The Kier molecular flexibility index (Phi) is 3.27. The third-order valence-electron chi connectivity index (χ3n) is 3.54. The Hall–Kier alpha value is -1.06. The first kappa shape index (κ1) is 12.0. The molecule has 2 aromatic rings. The van der Waals surface area contributed by atoms with Crippen LogP contribution in [0.4, 0.5) is 0 Å². The summed E-state index contributed by atoms with van der Waals surface area (Å²) < 4.78 is 7.87. The van der Waals surface area contributed by atoms with Crippen LogP contribution in [-0.2, 0) is 10.6 Å². The van der Waals surface area contributed by atoms with E-state index >= 15 is 0 Å². The largest absolute Gasteiger partial charge is 0.379 e. The minimum atomic E-state index is 0.374. The summed E-state index contributed by atoms with van der Waals surface area (Å²) in [4.78, 5) is 4.62. The Labute approximate surface area is 112 Å². The van der Waals surface area contributed by atoms with Crippen LogP contribution in [0.3, 0.4) is 0 Å². The maximum atomic E-state index is 6.04. The summed E-state index contributed by atoms with van der Waals surface area (Å²) in [5.74, 6) is 1.40. The molecule has 1 unspecified atom stereocenters. The van der Waals surface area contributed by atoms with Gasteiger partial charge in [-0.25, -0.2) is 4.98 Å². The quantitative estimate of drug-likeness (QED) is 0.777. The van der Waals surface area contributed by atoms with Crippen LogP contribution in [-0.4, -0.2) is 22.8 Å². The van der Waals surface area contributed by atoms with E-state index in [1.54, 1.807) is 0 Å². The van der Waals surface area contributed by atoms with E-state index in [9.17, 15) is 0 Å². The molecule has 3 nitrogen and oxygen atoms in total. The van der Waals surface area contributed by atoms with Crippen molar-refractivity contribution in [1.82, 2.24) is 9.55 Å². The van der Waals surface area contributed by atoms with E-state index in [1.807, 2.05) is 0 Å². The van der Waals surface area contributed by atoms with Gasteiger partial charge in [0.2, 0.25) is 0 Å². The molecule has 0 bridgehead atoms. The van der Waals surface area contributed by atoms with Crippen molar-refractivity contribution < 1.29 is 4.74 Å². The summed E-state index contributed by atoms with van der Waals surface area (Å²) in [5.41, 5.74) is 3.46. The van der Waals surface area contributed by atoms with Crippen LogP contribution in [0.15, 0.2) is 18.2 Å². The molecule has 0 spiro atoms. The molecule has 1 aromatic carbocycles. The van der Waals surface area contributed by atoms with Crippen molar-refractivity contribution in [3.63, 3.8) is 0 Å². The maximum absolute atomic E-state index is 6.04. The fourth-order valence-corrected chi connectivity index (χ4v) is 2.87. The Balaban J connectivity index is 2.14. The van der Waals surface area contributed by atoms with Crippen molar-refractivity contribution in [2.24, 2.45) is 0 Å². The molecular weight excluding hydrogens is 248 g/mol. The van der Waals surface area contributed by atoms with Crippen LogP contribution in [0.1, 0.15) is 30.3 Å². The normalized spacial score (nSPS) is 20.4. The third kappa shape index (κ3) is 2.02. The highest BCUT2D eigenvalue weighted by molar-refractivity contribution is 6.16. The summed E-state index contributed by atoms with van der Waals surface area (Å²) in [6, 6.07) is 6.72. The summed E-state index contributed by atoms with van der Waals surface area (Å²) >= 11 is 6.04. The van der Waals surface area contributed by atoms with E-state index in [4.69, 9.17) is 16.3 Å². The second-order valence-electron chi connectivity index (χ2n) is 4.89. The Bertz CT molecular complexity index is 558. The molecule has 96 valence electrons. The first-order chi connectivity index (χ1) is 8.79. The highest BCUT2D eigenvalue weighted by atomic mass is 35.5. The molecule has 1 aromatic heterocycles. The van der Waals surface area contributed by atoms with Crippen LogP contribution in [0.25, 0.3) is 11.0 Å². The third-order valence-corrected chi connectivity index (χ3v) is 3.78. The number of halogens is 1. The minimum absolute atomic E-state index is 0.374. The van der Waals surface area contributed by atoms with Crippen molar-refractivity contribution in [2.45, 2.75) is 31.7 Å². The fraction of sp³-hybridized carbons (Fsp3) is 0.500. The molecule has 1 atom stereocenters. The first-order valence-corrected chi connectivity index (χ1v) is 6.94. The van der Waals surface area contributed by atoms with Gasteiger partial charge in [-0.05, 0) is 37.5 Å². The molecule has 18 heavy (non-hydrogen) atoms. The molecule has 0 N–H and O–H groups in total. The van der Waals surface area contributed by atoms with Gasteiger partial charge in [-0.1, -0.05) is 6.07 Å². The summed E-state index contributed by atoms with van der Waals surface area (Å²) in [5, 5.41) is 0. The van der Waals surface area contributed by atoms with Crippen LogP contribution < -0.4 is 0 Å². The molecule has 0 amide bonds. The highest BCUT2D eigenvalue weighted by Crippen LogP contribution is 2.28. The number of alkyl halides is 1. The van der Waals surface area contributed by atoms with E-state index in [1.165, 1.54) is 11.1 Å². The number of aryl methyl sites for hydroxylation is 1. The molecule has 1 saturated heterocycles. The predicted molar refractivity (Wildman–Crippen MR) is 73.1 cm³/mol. The minimum Gasteiger partial charge on any atom is -0.379 e. The van der Waals surface area contributed by atoms with Crippen molar-refractivity contribution in [1.29, 1.82) is 0 Å². The smallest absolute Gasteiger partial charge is 0.125 e.